The lowest BCUT2D eigenvalue weighted by Gasteiger charge is -2.47. The predicted octanol–water partition coefficient (Wildman–Crippen LogP) is 2.40. The van der Waals surface area contributed by atoms with Crippen LogP contribution < -0.4 is 4.90 Å². The van der Waals surface area contributed by atoms with Crippen LogP contribution in [0.2, 0.25) is 0 Å². The molecule has 5 heteroatoms. The lowest BCUT2D eigenvalue weighted by molar-refractivity contribution is -0.134. The zero-order valence-electron chi connectivity index (χ0n) is 14.0. The first-order valence-electron chi connectivity index (χ1n) is 9.09. The summed E-state index contributed by atoms with van der Waals surface area (Å²) in [4.78, 5) is 16.2. The Morgan fingerprint density at radius 1 is 1.12 bits per heavy atom. The topological polar surface area (TPSA) is 43.8 Å². The third-order valence-electron chi connectivity index (χ3n) is 5.92. The number of amides is 1. The second-order valence-electron chi connectivity index (χ2n) is 7.51. The zero-order chi connectivity index (χ0) is 16.7. The summed E-state index contributed by atoms with van der Waals surface area (Å²) in [6.45, 7) is 3.29. The molecule has 0 aromatic heterocycles. The number of nitrogens with zero attached hydrogens (tertiary/aromatic N) is 2. The number of hydrogen-bond donors (Lipinski definition) is 1. The standard InChI is InChI=1S/C19H25FN2O2/c20-18-15(12-23)2-1-3-17(18)22-10-16(11-22)13-6-8-21(9-7-13)19(24)14-4-5-14/h1-3,13-14,16,23H,4-12H2. The van der Waals surface area contributed by atoms with E-state index in [0.717, 1.165) is 51.9 Å². The van der Waals surface area contributed by atoms with Crippen LogP contribution in [0.15, 0.2) is 18.2 Å². The van der Waals surface area contributed by atoms with Crippen molar-refractivity contribution >= 4 is 11.6 Å². The van der Waals surface area contributed by atoms with E-state index in [1.807, 2.05) is 0 Å². The van der Waals surface area contributed by atoms with Crippen LogP contribution in [0.1, 0.15) is 31.2 Å². The van der Waals surface area contributed by atoms with E-state index < -0.39 is 0 Å². The number of piperidine rings is 1. The van der Waals surface area contributed by atoms with E-state index in [1.54, 1.807) is 18.2 Å². The van der Waals surface area contributed by atoms with E-state index in [9.17, 15) is 14.3 Å². The summed E-state index contributed by atoms with van der Waals surface area (Å²) in [5.41, 5.74) is 0.974. The van der Waals surface area contributed by atoms with Gasteiger partial charge in [-0.3, -0.25) is 4.79 Å². The number of carbonyl (C=O) groups is 1. The van der Waals surface area contributed by atoms with Crippen molar-refractivity contribution in [1.29, 1.82) is 0 Å². The second-order valence-corrected chi connectivity index (χ2v) is 7.51. The summed E-state index contributed by atoms with van der Waals surface area (Å²) in [5.74, 6) is 1.64. The smallest absolute Gasteiger partial charge is 0.225 e. The molecule has 1 aliphatic carbocycles. The van der Waals surface area contributed by atoms with Crippen LogP contribution in [-0.2, 0) is 11.4 Å². The Labute approximate surface area is 142 Å². The van der Waals surface area contributed by atoms with E-state index >= 15 is 0 Å². The molecule has 3 aliphatic rings. The van der Waals surface area contributed by atoms with Gasteiger partial charge in [-0.05, 0) is 43.6 Å². The minimum absolute atomic E-state index is 0.259. The molecular weight excluding hydrogens is 307 g/mol. The van der Waals surface area contributed by atoms with Gasteiger partial charge >= 0.3 is 0 Å². The molecular formula is C19H25FN2O2. The van der Waals surface area contributed by atoms with Crippen LogP contribution >= 0.6 is 0 Å². The number of aliphatic hydroxyl groups excluding tert-OH is 1. The fraction of sp³-hybridized carbons (Fsp3) is 0.632. The molecule has 2 heterocycles. The number of carbonyl (C=O) groups excluding carboxylic acids is 1. The third kappa shape index (κ3) is 2.90. The highest BCUT2D eigenvalue weighted by molar-refractivity contribution is 5.81. The van der Waals surface area contributed by atoms with Crippen molar-refractivity contribution in [2.75, 3.05) is 31.1 Å². The molecule has 4 rings (SSSR count). The predicted molar refractivity (Wildman–Crippen MR) is 90.1 cm³/mol. The van der Waals surface area contributed by atoms with Gasteiger partial charge in [0.15, 0.2) is 5.82 Å². The molecule has 0 unspecified atom stereocenters. The highest BCUT2D eigenvalue weighted by Gasteiger charge is 2.39. The SMILES string of the molecule is O=C(C1CC1)N1CCC(C2CN(c3cccc(CO)c3F)C2)CC1. The van der Waals surface area contributed by atoms with Gasteiger partial charge in [0, 0.05) is 37.7 Å². The average Bonchev–Trinajstić information content (AvgIpc) is 3.40. The van der Waals surface area contributed by atoms with Crippen LogP contribution in [-0.4, -0.2) is 42.1 Å². The van der Waals surface area contributed by atoms with Gasteiger partial charge in [0.05, 0.1) is 12.3 Å². The van der Waals surface area contributed by atoms with Gasteiger partial charge in [-0.1, -0.05) is 12.1 Å². The Morgan fingerprint density at radius 3 is 2.46 bits per heavy atom. The largest absolute Gasteiger partial charge is 0.392 e. The number of hydrogen-bond acceptors (Lipinski definition) is 3. The molecule has 0 bridgehead atoms. The van der Waals surface area contributed by atoms with Crippen LogP contribution in [0.4, 0.5) is 10.1 Å². The number of halogens is 1. The molecule has 3 fully saturated rings. The van der Waals surface area contributed by atoms with Gasteiger partial charge in [-0.15, -0.1) is 0 Å². The summed E-state index contributed by atoms with van der Waals surface area (Å²) < 4.78 is 14.3. The van der Waals surface area contributed by atoms with E-state index in [1.165, 1.54) is 0 Å². The summed E-state index contributed by atoms with van der Waals surface area (Å²) in [7, 11) is 0. The molecule has 1 amide bonds. The van der Waals surface area contributed by atoms with Crippen molar-refractivity contribution in [3.05, 3.63) is 29.6 Å². The molecule has 0 radical (unpaired) electrons. The Hall–Kier alpha value is -1.62. The van der Waals surface area contributed by atoms with Crippen molar-refractivity contribution in [3.8, 4) is 0 Å². The van der Waals surface area contributed by atoms with E-state index in [0.29, 0.717) is 34.9 Å². The minimum atomic E-state index is -0.289. The third-order valence-corrected chi connectivity index (χ3v) is 5.92. The van der Waals surface area contributed by atoms with Crippen molar-refractivity contribution < 1.29 is 14.3 Å². The zero-order valence-corrected chi connectivity index (χ0v) is 14.0. The van der Waals surface area contributed by atoms with Gasteiger partial charge in [-0.25, -0.2) is 4.39 Å². The molecule has 24 heavy (non-hydrogen) atoms. The van der Waals surface area contributed by atoms with Crippen LogP contribution in [0.3, 0.4) is 0 Å². The lowest BCUT2D eigenvalue weighted by atomic mass is 9.79. The molecule has 1 saturated carbocycles. The molecule has 2 aliphatic heterocycles. The summed E-state index contributed by atoms with van der Waals surface area (Å²) in [6, 6.07) is 5.23. The van der Waals surface area contributed by atoms with E-state index in [4.69, 9.17) is 0 Å². The number of aliphatic hydroxyl groups is 1. The number of benzene rings is 1. The fourth-order valence-electron chi connectivity index (χ4n) is 4.12. The van der Waals surface area contributed by atoms with Crippen molar-refractivity contribution in [2.24, 2.45) is 17.8 Å². The average molecular weight is 332 g/mol. The Balaban J connectivity index is 1.30. The maximum Gasteiger partial charge on any atom is 0.225 e. The Bertz CT molecular complexity index is 618. The van der Waals surface area contributed by atoms with Gasteiger partial charge in [-0.2, -0.15) is 0 Å². The van der Waals surface area contributed by atoms with Crippen LogP contribution in [0, 0.1) is 23.6 Å². The fourth-order valence-corrected chi connectivity index (χ4v) is 4.12. The number of anilines is 1. The van der Waals surface area contributed by atoms with Gasteiger partial charge < -0.3 is 14.9 Å². The second kappa shape index (κ2) is 6.36. The highest BCUT2D eigenvalue weighted by Crippen LogP contribution is 2.37. The summed E-state index contributed by atoms with van der Waals surface area (Å²) in [6.07, 6.45) is 4.32. The summed E-state index contributed by atoms with van der Waals surface area (Å²) in [5, 5.41) is 9.19. The molecule has 4 nitrogen and oxygen atoms in total. The van der Waals surface area contributed by atoms with E-state index in [2.05, 4.69) is 9.80 Å². The maximum absolute atomic E-state index is 14.3. The van der Waals surface area contributed by atoms with Crippen molar-refractivity contribution in [2.45, 2.75) is 32.3 Å². The quantitative estimate of drug-likeness (QED) is 0.921. The Kier molecular flexibility index (Phi) is 4.21. The first kappa shape index (κ1) is 15.9. The number of likely N-dealkylation sites (tertiary alicyclic amines) is 1. The summed E-state index contributed by atoms with van der Waals surface area (Å²) >= 11 is 0. The molecule has 0 atom stereocenters. The molecule has 0 spiro atoms. The highest BCUT2D eigenvalue weighted by atomic mass is 19.1. The molecule has 1 N–H and O–H groups in total. The maximum atomic E-state index is 14.3. The van der Waals surface area contributed by atoms with Gasteiger partial charge in [0.1, 0.15) is 0 Å². The van der Waals surface area contributed by atoms with Crippen LogP contribution in [0.5, 0.6) is 0 Å². The molecule has 130 valence electrons. The van der Waals surface area contributed by atoms with Crippen LogP contribution in [0.25, 0.3) is 0 Å². The van der Waals surface area contributed by atoms with Gasteiger partial charge in [0.2, 0.25) is 5.91 Å². The molecule has 1 aromatic rings. The molecule has 2 saturated heterocycles. The van der Waals surface area contributed by atoms with Crippen molar-refractivity contribution in [3.63, 3.8) is 0 Å². The van der Waals surface area contributed by atoms with E-state index in [-0.39, 0.29) is 12.4 Å². The molecule has 1 aromatic carbocycles. The van der Waals surface area contributed by atoms with Gasteiger partial charge in [0.25, 0.3) is 0 Å². The first-order valence-corrected chi connectivity index (χ1v) is 9.09. The van der Waals surface area contributed by atoms with Crippen molar-refractivity contribution in [1.82, 2.24) is 4.90 Å². The Morgan fingerprint density at radius 2 is 1.83 bits per heavy atom. The lowest BCUT2D eigenvalue weighted by Crippen LogP contribution is -2.53. The minimum Gasteiger partial charge on any atom is -0.392 e. The normalized spacial score (nSPS) is 22.6. The first-order chi connectivity index (χ1) is 11.7. The monoisotopic (exact) mass is 332 g/mol. The number of rotatable bonds is 4.